The number of carbonyl (C=O) groups excluding carboxylic acids is 1. The van der Waals surface area contributed by atoms with E-state index in [1.807, 2.05) is 12.1 Å². The normalized spacial score (nSPS) is 11.4. The number of hydrogen-bond acceptors (Lipinski definition) is 4. The van der Waals surface area contributed by atoms with Crippen LogP contribution in [0.25, 0.3) is 0 Å². The van der Waals surface area contributed by atoms with Crippen LogP contribution in [0.3, 0.4) is 0 Å². The minimum atomic E-state index is 0.0954. The second-order valence-corrected chi connectivity index (χ2v) is 4.98. The SMILES string of the molecule is CCCCCC(=O)N(CC/C(N)=N/O)Cc1cccnc1. The number of amides is 1. The first-order valence-corrected chi connectivity index (χ1v) is 7.30. The minimum Gasteiger partial charge on any atom is -0.409 e. The Labute approximate surface area is 125 Å². The maximum atomic E-state index is 12.3. The maximum absolute atomic E-state index is 12.3. The summed E-state index contributed by atoms with van der Waals surface area (Å²) in [5.41, 5.74) is 6.46. The van der Waals surface area contributed by atoms with E-state index < -0.39 is 0 Å². The number of rotatable bonds is 9. The number of hydrogen-bond donors (Lipinski definition) is 2. The number of nitrogens with zero attached hydrogens (tertiary/aromatic N) is 3. The third kappa shape index (κ3) is 6.74. The highest BCUT2D eigenvalue weighted by Crippen LogP contribution is 2.09. The van der Waals surface area contributed by atoms with Gasteiger partial charge in [0, 0.05) is 38.3 Å². The van der Waals surface area contributed by atoms with Crippen LogP contribution < -0.4 is 5.73 Å². The quantitative estimate of drug-likeness (QED) is 0.240. The van der Waals surface area contributed by atoms with Crippen molar-refractivity contribution in [2.75, 3.05) is 6.54 Å². The van der Waals surface area contributed by atoms with E-state index in [-0.39, 0.29) is 11.7 Å². The van der Waals surface area contributed by atoms with E-state index in [4.69, 9.17) is 10.9 Å². The molecule has 0 aliphatic carbocycles. The molecule has 1 aromatic rings. The Bertz CT molecular complexity index is 448. The Morgan fingerprint density at radius 1 is 1.43 bits per heavy atom. The van der Waals surface area contributed by atoms with Crippen LogP contribution in [0.15, 0.2) is 29.7 Å². The molecule has 21 heavy (non-hydrogen) atoms. The van der Waals surface area contributed by atoms with Crippen molar-refractivity contribution in [3.8, 4) is 0 Å². The molecule has 0 fully saturated rings. The fourth-order valence-electron chi connectivity index (χ4n) is 1.99. The molecule has 0 unspecified atom stereocenters. The van der Waals surface area contributed by atoms with Gasteiger partial charge in [0.15, 0.2) is 0 Å². The molecule has 1 rings (SSSR count). The lowest BCUT2D eigenvalue weighted by Gasteiger charge is -2.22. The first-order valence-electron chi connectivity index (χ1n) is 7.30. The zero-order valence-electron chi connectivity index (χ0n) is 12.5. The smallest absolute Gasteiger partial charge is 0.222 e. The van der Waals surface area contributed by atoms with Crippen molar-refractivity contribution in [1.29, 1.82) is 0 Å². The fraction of sp³-hybridized carbons (Fsp3) is 0.533. The van der Waals surface area contributed by atoms with Crippen LogP contribution in [0.4, 0.5) is 0 Å². The Morgan fingerprint density at radius 3 is 2.86 bits per heavy atom. The lowest BCUT2D eigenvalue weighted by atomic mass is 10.1. The monoisotopic (exact) mass is 292 g/mol. The molecule has 0 saturated heterocycles. The number of aromatic nitrogens is 1. The fourth-order valence-corrected chi connectivity index (χ4v) is 1.99. The second kappa shape index (κ2) is 9.74. The van der Waals surface area contributed by atoms with Crippen molar-refractivity contribution in [2.24, 2.45) is 10.9 Å². The first-order chi connectivity index (χ1) is 10.2. The third-order valence-corrected chi connectivity index (χ3v) is 3.21. The van der Waals surface area contributed by atoms with Crippen LogP contribution in [-0.4, -0.2) is 33.4 Å². The molecule has 0 bridgehead atoms. The number of nitrogens with two attached hydrogens (primary N) is 1. The first kappa shape index (κ1) is 16.9. The number of oxime groups is 1. The Balaban J connectivity index is 2.62. The molecule has 0 radical (unpaired) electrons. The highest BCUT2D eigenvalue weighted by Gasteiger charge is 2.14. The van der Waals surface area contributed by atoms with E-state index in [9.17, 15) is 4.79 Å². The van der Waals surface area contributed by atoms with Gasteiger partial charge in [-0.15, -0.1) is 0 Å². The molecular formula is C15H24N4O2. The summed E-state index contributed by atoms with van der Waals surface area (Å²) in [5, 5.41) is 11.5. The lowest BCUT2D eigenvalue weighted by molar-refractivity contribution is -0.131. The van der Waals surface area contributed by atoms with Crippen LogP contribution in [0.1, 0.15) is 44.6 Å². The van der Waals surface area contributed by atoms with E-state index in [2.05, 4.69) is 17.1 Å². The molecule has 0 aromatic carbocycles. The highest BCUT2D eigenvalue weighted by molar-refractivity contribution is 5.81. The lowest BCUT2D eigenvalue weighted by Crippen LogP contribution is -2.33. The Hall–Kier alpha value is -2.11. The molecular weight excluding hydrogens is 268 g/mol. The zero-order valence-corrected chi connectivity index (χ0v) is 12.5. The maximum Gasteiger partial charge on any atom is 0.222 e. The summed E-state index contributed by atoms with van der Waals surface area (Å²) in [4.78, 5) is 18.1. The van der Waals surface area contributed by atoms with Crippen molar-refractivity contribution in [2.45, 2.75) is 45.6 Å². The number of carbonyl (C=O) groups is 1. The van der Waals surface area contributed by atoms with Crippen LogP contribution in [0.2, 0.25) is 0 Å². The Morgan fingerprint density at radius 2 is 2.24 bits per heavy atom. The number of unbranched alkanes of at least 4 members (excludes halogenated alkanes) is 2. The summed E-state index contributed by atoms with van der Waals surface area (Å²) in [5.74, 6) is 0.227. The van der Waals surface area contributed by atoms with E-state index in [1.54, 1.807) is 17.3 Å². The highest BCUT2D eigenvalue weighted by atomic mass is 16.4. The van der Waals surface area contributed by atoms with Gasteiger partial charge < -0.3 is 15.8 Å². The minimum absolute atomic E-state index is 0.0954. The van der Waals surface area contributed by atoms with E-state index in [1.165, 1.54) is 0 Å². The van der Waals surface area contributed by atoms with E-state index in [0.717, 1.165) is 24.8 Å². The largest absolute Gasteiger partial charge is 0.409 e. The van der Waals surface area contributed by atoms with Gasteiger partial charge in [-0.1, -0.05) is 31.0 Å². The van der Waals surface area contributed by atoms with Gasteiger partial charge in [0.1, 0.15) is 5.84 Å². The molecule has 0 aliphatic heterocycles. The number of pyridine rings is 1. The van der Waals surface area contributed by atoms with Gasteiger partial charge in [-0.2, -0.15) is 0 Å². The van der Waals surface area contributed by atoms with Crippen molar-refractivity contribution in [3.05, 3.63) is 30.1 Å². The second-order valence-electron chi connectivity index (χ2n) is 4.98. The molecule has 1 amide bonds. The van der Waals surface area contributed by atoms with Gasteiger partial charge in [0.05, 0.1) is 0 Å². The molecule has 3 N–H and O–H groups in total. The summed E-state index contributed by atoms with van der Waals surface area (Å²) in [7, 11) is 0. The Kier molecular flexibility index (Phi) is 7.86. The van der Waals surface area contributed by atoms with Crippen LogP contribution in [-0.2, 0) is 11.3 Å². The van der Waals surface area contributed by atoms with Gasteiger partial charge in [0.2, 0.25) is 5.91 Å². The molecule has 0 saturated carbocycles. The summed E-state index contributed by atoms with van der Waals surface area (Å²) in [6.45, 7) is 3.05. The van der Waals surface area contributed by atoms with E-state index >= 15 is 0 Å². The number of amidine groups is 1. The zero-order chi connectivity index (χ0) is 15.5. The average molecular weight is 292 g/mol. The van der Waals surface area contributed by atoms with Gasteiger partial charge in [-0.05, 0) is 18.1 Å². The summed E-state index contributed by atoms with van der Waals surface area (Å²) in [6, 6.07) is 3.78. The van der Waals surface area contributed by atoms with Crippen LogP contribution in [0, 0.1) is 0 Å². The molecule has 116 valence electrons. The molecule has 1 aromatic heterocycles. The third-order valence-electron chi connectivity index (χ3n) is 3.21. The van der Waals surface area contributed by atoms with Gasteiger partial charge in [-0.3, -0.25) is 9.78 Å². The summed E-state index contributed by atoms with van der Waals surface area (Å²) in [6.07, 6.45) is 7.36. The van der Waals surface area contributed by atoms with E-state index in [0.29, 0.717) is 25.9 Å². The van der Waals surface area contributed by atoms with Gasteiger partial charge >= 0.3 is 0 Å². The van der Waals surface area contributed by atoms with Crippen molar-refractivity contribution >= 4 is 11.7 Å². The van der Waals surface area contributed by atoms with Crippen molar-refractivity contribution < 1.29 is 10.0 Å². The molecule has 0 atom stereocenters. The van der Waals surface area contributed by atoms with Crippen LogP contribution >= 0.6 is 0 Å². The van der Waals surface area contributed by atoms with Crippen molar-refractivity contribution in [1.82, 2.24) is 9.88 Å². The summed E-state index contributed by atoms with van der Waals surface area (Å²) < 4.78 is 0. The molecule has 1 heterocycles. The van der Waals surface area contributed by atoms with Gasteiger partial charge in [-0.25, -0.2) is 0 Å². The molecule has 6 heteroatoms. The predicted octanol–water partition coefficient (Wildman–Crippen LogP) is 2.13. The topological polar surface area (TPSA) is 91.8 Å². The molecule has 0 spiro atoms. The van der Waals surface area contributed by atoms with Crippen molar-refractivity contribution in [3.63, 3.8) is 0 Å². The predicted molar refractivity (Wildman–Crippen MR) is 81.8 cm³/mol. The standard InChI is InChI=1S/C15H24N4O2/c1-2-3-4-7-15(20)19(10-8-14(16)18-21)12-13-6-5-9-17-11-13/h5-6,9,11,21H,2-4,7-8,10,12H2,1H3,(H2,16,18). The van der Waals surface area contributed by atoms with Gasteiger partial charge in [0.25, 0.3) is 0 Å². The average Bonchev–Trinajstić information content (AvgIpc) is 2.52. The molecule has 6 nitrogen and oxygen atoms in total. The molecule has 0 aliphatic rings. The summed E-state index contributed by atoms with van der Waals surface area (Å²) >= 11 is 0. The van der Waals surface area contributed by atoms with Crippen LogP contribution in [0.5, 0.6) is 0 Å².